The summed E-state index contributed by atoms with van der Waals surface area (Å²) in [5.41, 5.74) is 2.05. The number of nitrogens with zero attached hydrogens (tertiary/aromatic N) is 2. The lowest BCUT2D eigenvalue weighted by atomic mass is 10.1. The quantitative estimate of drug-likeness (QED) is 0.631. The minimum Gasteiger partial charge on any atom is -0.492 e. The Morgan fingerprint density at radius 1 is 1.07 bits per heavy atom. The maximum Gasteiger partial charge on any atom is 0.241 e. The fraction of sp³-hybridized carbons (Fsp3) is 0.409. The fourth-order valence-corrected chi connectivity index (χ4v) is 3.55. The summed E-state index contributed by atoms with van der Waals surface area (Å²) in [4.78, 5) is 17.2. The van der Waals surface area contributed by atoms with Crippen LogP contribution in [-0.2, 0) is 4.79 Å². The summed E-state index contributed by atoms with van der Waals surface area (Å²) >= 11 is 5.91. The Kier molecular flexibility index (Phi) is 9.10. The number of piperidine rings is 1. The van der Waals surface area contributed by atoms with E-state index in [0.717, 1.165) is 30.1 Å². The van der Waals surface area contributed by atoms with Gasteiger partial charge in [0.1, 0.15) is 12.4 Å². The molecule has 6 heteroatoms. The predicted octanol–water partition coefficient (Wildman–Crippen LogP) is 4.97. The third kappa shape index (κ3) is 6.40. The zero-order valence-corrected chi connectivity index (χ0v) is 17.8. The molecule has 0 bridgehead atoms. The molecule has 2 aromatic carbocycles. The van der Waals surface area contributed by atoms with E-state index in [9.17, 15) is 4.79 Å². The first-order valence-electron chi connectivity index (χ1n) is 9.60. The molecule has 1 aliphatic rings. The molecule has 0 N–H and O–H groups in total. The van der Waals surface area contributed by atoms with Gasteiger partial charge >= 0.3 is 0 Å². The molecule has 0 atom stereocenters. The van der Waals surface area contributed by atoms with Crippen LogP contribution in [0.5, 0.6) is 5.75 Å². The predicted molar refractivity (Wildman–Crippen MR) is 118 cm³/mol. The molecule has 3 rings (SSSR count). The van der Waals surface area contributed by atoms with Crippen LogP contribution in [0.25, 0.3) is 0 Å². The number of rotatable bonds is 7. The van der Waals surface area contributed by atoms with Gasteiger partial charge in [-0.05, 0) is 68.8 Å². The zero-order valence-electron chi connectivity index (χ0n) is 16.3. The molecule has 0 unspecified atom stereocenters. The number of benzene rings is 2. The minimum atomic E-state index is 0. The third-order valence-corrected chi connectivity index (χ3v) is 5.16. The molecule has 1 heterocycles. The minimum absolute atomic E-state index is 0. The smallest absolute Gasteiger partial charge is 0.241 e. The van der Waals surface area contributed by atoms with E-state index < -0.39 is 0 Å². The second-order valence-electron chi connectivity index (χ2n) is 6.97. The average molecular weight is 423 g/mol. The largest absolute Gasteiger partial charge is 0.492 e. The highest BCUT2D eigenvalue weighted by atomic mass is 35.5. The summed E-state index contributed by atoms with van der Waals surface area (Å²) in [6.45, 7) is 5.47. The molecule has 0 radical (unpaired) electrons. The van der Waals surface area contributed by atoms with Gasteiger partial charge in [-0.1, -0.05) is 36.2 Å². The molecule has 2 aromatic rings. The molecule has 1 aliphatic heterocycles. The number of likely N-dealkylation sites (tertiary alicyclic amines) is 1. The second kappa shape index (κ2) is 11.3. The number of carbonyl (C=O) groups is 1. The van der Waals surface area contributed by atoms with Gasteiger partial charge in [-0.3, -0.25) is 9.69 Å². The monoisotopic (exact) mass is 422 g/mol. The fourth-order valence-electron chi connectivity index (χ4n) is 3.43. The number of hydrogen-bond donors (Lipinski definition) is 0. The highest BCUT2D eigenvalue weighted by Gasteiger charge is 2.21. The summed E-state index contributed by atoms with van der Waals surface area (Å²) < 4.78 is 5.83. The van der Waals surface area contributed by atoms with Crippen LogP contribution >= 0.6 is 24.0 Å². The first-order chi connectivity index (χ1) is 13.1. The maximum atomic E-state index is 13.1. The van der Waals surface area contributed by atoms with E-state index in [0.29, 0.717) is 24.7 Å². The molecule has 0 aliphatic carbocycles. The highest BCUT2D eigenvalue weighted by Crippen LogP contribution is 2.21. The second-order valence-corrected chi connectivity index (χ2v) is 7.41. The average Bonchev–Trinajstić information content (AvgIpc) is 2.68. The Labute approximate surface area is 178 Å². The summed E-state index contributed by atoms with van der Waals surface area (Å²) in [6.07, 6.45) is 3.62. The molecule has 1 saturated heterocycles. The van der Waals surface area contributed by atoms with E-state index >= 15 is 0 Å². The molecule has 152 valence electrons. The number of hydrogen-bond acceptors (Lipinski definition) is 3. The van der Waals surface area contributed by atoms with Gasteiger partial charge in [0.2, 0.25) is 5.91 Å². The van der Waals surface area contributed by atoms with E-state index in [1.807, 2.05) is 48.2 Å². The number of para-hydroxylation sites is 1. The number of amides is 1. The lowest BCUT2D eigenvalue weighted by Gasteiger charge is -2.30. The van der Waals surface area contributed by atoms with Gasteiger partial charge in [0, 0.05) is 10.7 Å². The first-order valence-corrected chi connectivity index (χ1v) is 9.98. The Hall–Kier alpha value is -1.75. The van der Waals surface area contributed by atoms with E-state index in [1.54, 1.807) is 12.1 Å². The molecular formula is C22H28Cl2N2O2. The van der Waals surface area contributed by atoms with Crippen molar-refractivity contribution in [3.05, 3.63) is 59.1 Å². The number of halogens is 2. The standard InChI is InChI=1S/C22H27ClN2O2.ClH/c1-18-7-3-4-8-21(18)25(22(26)17-24-13-5-2-6-14-24)15-16-27-20-11-9-19(23)10-12-20;/h3-4,7-12H,2,5-6,13-17H2,1H3;1H. The SMILES string of the molecule is Cc1ccccc1N(CCOc1ccc(Cl)cc1)C(=O)CN1CCCCC1.Cl. The molecule has 1 amide bonds. The highest BCUT2D eigenvalue weighted by molar-refractivity contribution is 6.30. The molecule has 1 fully saturated rings. The Balaban J connectivity index is 0.00000280. The molecular weight excluding hydrogens is 395 g/mol. The van der Waals surface area contributed by atoms with Crippen molar-refractivity contribution >= 4 is 35.6 Å². The van der Waals surface area contributed by atoms with Crippen LogP contribution in [0.2, 0.25) is 5.02 Å². The lowest BCUT2D eigenvalue weighted by molar-refractivity contribution is -0.120. The van der Waals surface area contributed by atoms with Gasteiger partial charge in [-0.15, -0.1) is 12.4 Å². The summed E-state index contributed by atoms with van der Waals surface area (Å²) in [6, 6.07) is 15.3. The first kappa shape index (κ1) is 22.5. The molecule has 28 heavy (non-hydrogen) atoms. The van der Waals surface area contributed by atoms with Crippen LogP contribution in [0.3, 0.4) is 0 Å². The van der Waals surface area contributed by atoms with Crippen molar-refractivity contribution in [1.82, 2.24) is 4.90 Å². The van der Waals surface area contributed by atoms with Crippen LogP contribution in [0, 0.1) is 6.92 Å². The van der Waals surface area contributed by atoms with Crippen molar-refractivity contribution < 1.29 is 9.53 Å². The van der Waals surface area contributed by atoms with E-state index in [1.165, 1.54) is 19.3 Å². The van der Waals surface area contributed by atoms with Crippen molar-refractivity contribution in [2.75, 3.05) is 37.7 Å². The number of anilines is 1. The van der Waals surface area contributed by atoms with E-state index in [2.05, 4.69) is 4.90 Å². The van der Waals surface area contributed by atoms with Crippen LogP contribution in [0.15, 0.2) is 48.5 Å². The van der Waals surface area contributed by atoms with Crippen LogP contribution < -0.4 is 9.64 Å². The van der Waals surface area contributed by atoms with Crippen LogP contribution in [0.4, 0.5) is 5.69 Å². The van der Waals surface area contributed by atoms with Gasteiger partial charge in [-0.2, -0.15) is 0 Å². The Morgan fingerprint density at radius 3 is 2.43 bits per heavy atom. The van der Waals surface area contributed by atoms with Crippen molar-refractivity contribution in [2.45, 2.75) is 26.2 Å². The lowest BCUT2D eigenvalue weighted by Crippen LogP contribution is -2.44. The van der Waals surface area contributed by atoms with Crippen molar-refractivity contribution in [3.63, 3.8) is 0 Å². The maximum absolute atomic E-state index is 13.1. The summed E-state index contributed by atoms with van der Waals surface area (Å²) in [7, 11) is 0. The zero-order chi connectivity index (χ0) is 19.1. The summed E-state index contributed by atoms with van der Waals surface area (Å²) in [5, 5.41) is 0.681. The van der Waals surface area contributed by atoms with Gasteiger partial charge < -0.3 is 9.64 Å². The number of ether oxygens (including phenoxy) is 1. The van der Waals surface area contributed by atoms with Gasteiger partial charge in [-0.25, -0.2) is 0 Å². The van der Waals surface area contributed by atoms with Gasteiger partial charge in [0.05, 0.1) is 13.1 Å². The van der Waals surface area contributed by atoms with E-state index in [4.69, 9.17) is 16.3 Å². The normalized spacial score (nSPS) is 14.2. The number of aryl methyl sites for hydroxylation is 1. The van der Waals surface area contributed by atoms with Gasteiger partial charge in [0.25, 0.3) is 0 Å². The van der Waals surface area contributed by atoms with Crippen molar-refractivity contribution in [2.24, 2.45) is 0 Å². The molecule has 4 nitrogen and oxygen atoms in total. The Bertz CT molecular complexity index is 746. The van der Waals surface area contributed by atoms with Crippen molar-refractivity contribution in [1.29, 1.82) is 0 Å². The topological polar surface area (TPSA) is 32.8 Å². The molecule has 0 spiro atoms. The van der Waals surface area contributed by atoms with E-state index in [-0.39, 0.29) is 18.3 Å². The van der Waals surface area contributed by atoms with Crippen molar-refractivity contribution in [3.8, 4) is 5.75 Å². The van der Waals surface area contributed by atoms with Gasteiger partial charge in [0.15, 0.2) is 0 Å². The third-order valence-electron chi connectivity index (χ3n) is 4.91. The molecule has 0 saturated carbocycles. The number of carbonyl (C=O) groups excluding carboxylic acids is 1. The summed E-state index contributed by atoms with van der Waals surface area (Å²) in [5.74, 6) is 0.888. The molecule has 0 aromatic heterocycles. The van der Waals surface area contributed by atoms with Crippen LogP contribution in [-0.4, -0.2) is 43.6 Å². The van der Waals surface area contributed by atoms with Crippen LogP contribution in [0.1, 0.15) is 24.8 Å². The Morgan fingerprint density at radius 2 is 1.75 bits per heavy atom.